The third-order valence-electron chi connectivity index (χ3n) is 2.32. The van der Waals surface area contributed by atoms with Crippen LogP contribution in [0.5, 0.6) is 5.75 Å². The maximum Gasteiger partial charge on any atom is 0.387 e. The van der Waals surface area contributed by atoms with Gasteiger partial charge < -0.3 is 15.8 Å². The minimum atomic E-state index is -2.86. The summed E-state index contributed by atoms with van der Waals surface area (Å²) in [6.45, 7) is -2.86. The predicted molar refractivity (Wildman–Crippen MR) is 72.7 cm³/mol. The molecule has 4 nitrogen and oxygen atoms in total. The van der Waals surface area contributed by atoms with Gasteiger partial charge in [0.05, 0.1) is 6.04 Å². The molecule has 1 aromatic carbocycles. The number of anilines is 1. The number of alkyl halides is 2. The van der Waals surface area contributed by atoms with Crippen LogP contribution >= 0.6 is 11.8 Å². The molecule has 0 unspecified atom stereocenters. The van der Waals surface area contributed by atoms with Crippen molar-refractivity contribution in [1.29, 1.82) is 0 Å². The Morgan fingerprint density at radius 1 is 1.42 bits per heavy atom. The highest BCUT2D eigenvalue weighted by atomic mass is 32.2. The average Bonchev–Trinajstić information content (AvgIpc) is 2.37. The van der Waals surface area contributed by atoms with Crippen LogP contribution in [0.1, 0.15) is 6.42 Å². The summed E-state index contributed by atoms with van der Waals surface area (Å²) < 4.78 is 28.1. The van der Waals surface area contributed by atoms with Gasteiger partial charge in [-0.1, -0.05) is 0 Å². The minimum Gasteiger partial charge on any atom is -0.435 e. The van der Waals surface area contributed by atoms with Crippen LogP contribution in [0.25, 0.3) is 0 Å². The monoisotopic (exact) mass is 290 g/mol. The molecule has 0 saturated heterocycles. The van der Waals surface area contributed by atoms with Gasteiger partial charge in [-0.2, -0.15) is 20.5 Å². The van der Waals surface area contributed by atoms with E-state index in [2.05, 4.69) is 10.1 Å². The summed E-state index contributed by atoms with van der Waals surface area (Å²) >= 11 is 1.61. The highest BCUT2D eigenvalue weighted by molar-refractivity contribution is 7.98. The number of carbonyl (C=O) groups is 1. The Morgan fingerprint density at radius 3 is 2.58 bits per heavy atom. The number of halogens is 2. The highest BCUT2D eigenvalue weighted by Gasteiger charge is 2.13. The molecule has 0 aliphatic heterocycles. The quantitative estimate of drug-likeness (QED) is 0.809. The van der Waals surface area contributed by atoms with E-state index in [1.807, 2.05) is 6.26 Å². The number of nitrogens with two attached hydrogens (primary N) is 1. The second kappa shape index (κ2) is 7.96. The molecule has 19 heavy (non-hydrogen) atoms. The standard InChI is InChI=1S/C12H16F2N2O2S/c1-19-7-6-10(15)11(17)16-8-2-4-9(5-3-8)18-12(13)14/h2-5,10,12H,6-7,15H2,1H3,(H,16,17)/t10-/m1/s1. The van der Waals surface area contributed by atoms with Crippen LogP contribution in [-0.2, 0) is 4.79 Å². The number of hydrogen-bond acceptors (Lipinski definition) is 4. The van der Waals surface area contributed by atoms with Gasteiger partial charge in [-0.05, 0) is 42.7 Å². The van der Waals surface area contributed by atoms with Crippen molar-refractivity contribution in [3.63, 3.8) is 0 Å². The number of thioether (sulfide) groups is 1. The van der Waals surface area contributed by atoms with Crippen LogP contribution in [0.15, 0.2) is 24.3 Å². The maximum absolute atomic E-state index is 11.9. The normalized spacial score (nSPS) is 12.3. The zero-order valence-electron chi connectivity index (χ0n) is 10.4. The summed E-state index contributed by atoms with van der Waals surface area (Å²) in [4.78, 5) is 11.7. The fourth-order valence-electron chi connectivity index (χ4n) is 1.33. The lowest BCUT2D eigenvalue weighted by molar-refractivity contribution is -0.117. The van der Waals surface area contributed by atoms with Crippen molar-refractivity contribution in [2.24, 2.45) is 5.73 Å². The van der Waals surface area contributed by atoms with Crippen LogP contribution < -0.4 is 15.8 Å². The lowest BCUT2D eigenvalue weighted by Crippen LogP contribution is -2.36. The summed E-state index contributed by atoms with van der Waals surface area (Å²) in [5.41, 5.74) is 6.19. The lowest BCUT2D eigenvalue weighted by atomic mass is 10.2. The van der Waals surface area contributed by atoms with Crippen LogP contribution in [0, 0.1) is 0 Å². The zero-order valence-corrected chi connectivity index (χ0v) is 11.3. The Kier molecular flexibility index (Phi) is 6.58. The smallest absolute Gasteiger partial charge is 0.387 e. The average molecular weight is 290 g/mol. The SMILES string of the molecule is CSCC[C@@H](N)C(=O)Nc1ccc(OC(F)F)cc1. The van der Waals surface area contributed by atoms with Crippen molar-refractivity contribution in [1.82, 2.24) is 0 Å². The third kappa shape index (κ3) is 5.89. The number of rotatable bonds is 7. The number of carbonyl (C=O) groups excluding carboxylic acids is 1. The lowest BCUT2D eigenvalue weighted by Gasteiger charge is -2.12. The fourth-order valence-corrected chi connectivity index (χ4v) is 1.82. The van der Waals surface area contributed by atoms with E-state index in [1.54, 1.807) is 11.8 Å². The Hall–Kier alpha value is -1.34. The zero-order chi connectivity index (χ0) is 14.3. The van der Waals surface area contributed by atoms with Gasteiger partial charge in [-0.15, -0.1) is 0 Å². The van der Waals surface area contributed by atoms with E-state index in [0.717, 1.165) is 5.75 Å². The number of amides is 1. The summed E-state index contributed by atoms with van der Waals surface area (Å²) in [6, 6.07) is 5.10. The van der Waals surface area contributed by atoms with Crippen molar-refractivity contribution >= 4 is 23.4 Å². The van der Waals surface area contributed by atoms with Crippen LogP contribution in [0.2, 0.25) is 0 Å². The second-order valence-corrected chi connectivity index (χ2v) is 4.77. The van der Waals surface area contributed by atoms with Crippen LogP contribution in [0.4, 0.5) is 14.5 Å². The summed E-state index contributed by atoms with van der Waals surface area (Å²) in [5, 5.41) is 2.61. The Bertz CT molecular complexity index is 401. The van der Waals surface area contributed by atoms with Gasteiger partial charge >= 0.3 is 6.61 Å². The molecule has 1 atom stereocenters. The van der Waals surface area contributed by atoms with Gasteiger partial charge in [0.1, 0.15) is 5.75 Å². The van der Waals surface area contributed by atoms with Gasteiger partial charge in [-0.25, -0.2) is 0 Å². The first kappa shape index (κ1) is 15.7. The molecule has 0 aliphatic carbocycles. The van der Waals surface area contributed by atoms with Gasteiger partial charge in [0.25, 0.3) is 0 Å². The molecule has 0 fully saturated rings. The number of benzene rings is 1. The molecule has 0 spiro atoms. The minimum absolute atomic E-state index is 0.0414. The van der Waals surface area contributed by atoms with Crippen LogP contribution in [0.3, 0.4) is 0 Å². The third-order valence-corrected chi connectivity index (χ3v) is 2.96. The molecule has 0 bridgehead atoms. The van der Waals surface area contributed by atoms with Gasteiger partial charge in [0, 0.05) is 5.69 Å². The van der Waals surface area contributed by atoms with E-state index < -0.39 is 12.7 Å². The summed E-state index contributed by atoms with van der Waals surface area (Å²) in [6.07, 6.45) is 2.52. The second-order valence-electron chi connectivity index (χ2n) is 3.78. The summed E-state index contributed by atoms with van der Waals surface area (Å²) in [7, 11) is 0. The largest absolute Gasteiger partial charge is 0.435 e. The molecular formula is C12H16F2N2O2S. The van der Waals surface area contributed by atoms with Crippen molar-refractivity contribution in [2.75, 3.05) is 17.3 Å². The first-order chi connectivity index (χ1) is 9.02. The first-order valence-corrected chi connectivity index (χ1v) is 7.02. The Morgan fingerprint density at radius 2 is 2.05 bits per heavy atom. The maximum atomic E-state index is 11.9. The van der Waals surface area contributed by atoms with E-state index in [1.165, 1.54) is 24.3 Å². The Balaban J connectivity index is 2.50. The van der Waals surface area contributed by atoms with Gasteiger partial charge in [0.2, 0.25) is 5.91 Å². The van der Waals surface area contributed by atoms with Crippen molar-refractivity contribution < 1.29 is 18.3 Å². The molecule has 7 heteroatoms. The molecule has 1 aromatic rings. The molecule has 1 rings (SSSR count). The van der Waals surface area contributed by atoms with E-state index in [0.29, 0.717) is 12.1 Å². The van der Waals surface area contributed by atoms with E-state index in [9.17, 15) is 13.6 Å². The van der Waals surface area contributed by atoms with Gasteiger partial charge in [0.15, 0.2) is 0 Å². The molecule has 1 amide bonds. The topological polar surface area (TPSA) is 64.4 Å². The molecule has 0 aliphatic rings. The molecule has 0 radical (unpaired) electrons. The van der Waals surface area contributed by atoms with Crippen LogP contribution in [-0.4, -0.2) is 30.6 Å². The number of hydrogen-bond donors (Lipinski definition) is 2. The molecule has 3 N–H and O–H groups in total. The molecule has 106 valence electrons. The van der Waals surface area contributed by atoms with Crippen molar-refractivity contribution in [3.05, 3.63) is 24.3 Å². The van der Waals surface area contributed by atoms with E-state index >= 15 is 0 Å². The molecule has 0 saturated carbocycles. The van der Waals surface area contributed by atoms with Crippen molar-refractivity contribution in [3.8, 4) is 5.75 Å². The number of ether oxygens (including phenoxy) is 1. The predicted octanol–water partition coefficient (Wildman–Crippen LogP) is 2.31. The first-order valence-electron chi connectivity index (χ1n) is 5.63. The van der Waals surface area contributed by atoms with E-state index in [-0.39, 0.29) is 11.7 Å². The molecule has 0 heterocycles. The Labute approximate surface area is 114 Å². The van der Waals surface area contributed by atoms with Crippen molar-refractivity contribution in [2.45, 2.75) is 19.1 Å². The van der Waals surface area contributed by atoms with E-state index in [4.69, 9.17) is 5.73 Å². The summed E-state index contributed by atoms with van der Waals surface area (Å²) in [5.74, 6) is 0.548. The number of nitrogens with one attached hydrogen (secondary N) is 1. The van der Waals surface area contributed by atoms with Gasteiger partial charge in [-0.3, -0.25) is 4.79 Å². The molecule has 0 aromatic heterocycles. The fraction of sp³-hybridized carbons (Fsp3) is 0.417. The highest BCUT2D eigenvalue weighted by Crippen LogP contribution is 2.17. The molecular weight excluding hydrogens is 274 g/mol.